The molecule has 0 atom stereocenters. The van der Waals surface area contributed by atoms with Gasteiger partial charge in [0.15, 0.2) is 6.73 Å². The van der Waals surface area contributed by atoms with Crippen molar-refractivity contribution in [3.8, 4) is 11.5 Å². The number of carbonyl (C=O) groups is 1. The zero-order valence-electron chi connectivity index (χ0n) is 14.8. The molecule has 0 aliphatic heterocycles. The highest BCUT2D eigenvalue weighted by Gasteiger charge is 2.12. The van der Waals surface area contributed by atoms with Crippen LogP contribution in [0.3, 0.4) is 0 Å². The molecular formula is C20H21N3O3. The fourth-order valence-corrected chi connectivity index (χ4v) is 2.49. The number of hydrogen-bond acceptors (Lipinski definition) is 4. The smallest absolute Gasteiger partial charge is 0.259 e. The van der Waals surface area contributed by atoms with E-state index in [0.29, 0.717) is 17.0 Å². The first-order valence-corrected chi connectivity index (χ1v) is 8.38. The Labute approximate surface area is 152 Å². The summed E-state index contributed by atoms with van der Waals surface area (Å²) in [5.41, 5.74) is 2.32. The number of hydrogen-bond donors (Lipinski definition) is 1. The predicted molar refractivity (Wildman–Crippen MR) is 99.6 cm³/mol. The second-order valence-corrected chi connectivity index (χ2v) is 5.69. The van der Waals surface area contributed by atoms with Crippen LogP contribution in [0.2, 0.25) is 0 Å². The van der Waals surface area contributed by atoms with E-state index in [2.05, 4.69) is 17.3 Å². The van der Waals surface area contributed by atoms with Crippen molar-refractivity contribution in [2.75, 3.05) is 12.4 Å². The van der Waals surface area contributed by atoms with Crippen LogP contribution in [0.25, 0.3) is 0 Å². The van der Waals surface area contributed by atoms with Crippen molar-refractivity contribution in [3.05, 3.63) is 72.1 Å². The van der Waals surface area contributed by atoms with Crippen molar-refractivity contribution in [1.29, 1.82) is 0 Å². The first-order chi connectivity index (χ1) is 12.7. The number of anilines is 1. The number of benzene rings is 2. The van der Waals surface area contributed by atoms with Gasteiger partial charge in [0, 0.05) is 0 Å². The van der Waals surface area contributed by atoms with Gasteiger partial charge in [-0.15, -0.1) is 0 Å². The molecule has 0 fully saturated rings. The van der Waals surface area contributed by atoms with E-state index in [9.17, 15) is 4.79 Å². The van der Waals surface area contributed by atoms with E-state index in [1.807, 2.05) is 30.3 Å². The minimum absolute atomic E-state index is 0.252. The molecule has 0 aliphatic carbocycles. The van der Waals surface area contributed by atoms with Gasteiger partial charge in [-0.05, 0) is 36.2 Å². The molecule has 0 radical (unpaired) electrons. The van der Waals surface area contributed by atoms with Gasteiger partial charge in [0.05, 0.1) is 30.8 Å². The van der Waals surface area contributed by atoms with Crippen LogP contribution in [0.5, 0.6) is 11.5 Å². The highest BCUT2D eigenvalue weighted by molar-refractivity contribution is 6.06. The van der Waals surface area contributed by atoms with E-state index in [-0.39, 0.29) is 12.6 Å². The van der Waals surface area contributed by atoms with Gasteiger partial charge in [0.2, 0.25) is 0 Å². The number of ether oxygens (including phenoxy) is 2. The zero-order chi connectivity index (χ0) is 18.4. The van der Waals surface area contributed by atoms with E-state index >= 15 is 0 Å². The number of rotatable bonds is 7. The molecule has 2 aromatic carbocycles. The van der Waals surface area contributed by atoms with Crippen LogP contribution < -0.4 is 14.8 Å². The highest BCUT2D eigenvalue weighted by atomic mass is 16.5. The maximum atomic E-state index is 12.4. The molecular weight excluding hydrogens is 330 g/mol. The number of para-hydroxylation sites is 1. The first-order valence-electron chi connectivity index (χ1n) is 8.38. The molecule has 1 N–H and O–H groups in total. The molecule has 1 aromatic heterocycles. The molecule has 0 aliphatic rings. The van der Waals surface area contributed by atoms with Crippen molar-refractivity contribution >= 4 is 11.6 Å². The number of nitrogens with one attached hydrogen (secondary N) is 1. The van der Waals surface area contributed by atoms with Crippen LogP contribution in [0, 0.1) is 0 Å². The third kappa shape index (κ3) is 4.22. The molecule has 0 bridgehead atoms. The summed E-state index contributed by atoms with van der Waals surface area (Å²) in [4.78, 5) is 12.4. The van der Waals surface area contributed by atoms with Gasteiger partial charge in [-0.25, -0.2) is 4.68 Å². The van der Waals surface area contributed by atoms with Crippen LogP contribution in [0.1, 0.15) is 22.8 Å². The first kappa shape index (κ1) is 17.5. The van der Waals surface area contributed by atoms with E-state index < -0.39 is 0 Å². The zero-order valence-corrected chi connectivity index (χ0v) is 14.8. The topological polar surface area (TPSA) is 65.4 Å². The molecule has 0 spiro atoms. The molecule has 6 heteroatoms. The Hall–Kier alpha value is -3.28. The van der Waals surface area contributed by atoms with E-state index in [1.54, 1.807) is 35.3 Å². The predicted octanol–water partition coefficient (Wildman–Crippen LogP) is 3.74. The number of carbonyl (C=O) groups excluding carboxylic acids is 1. The molecule has 0 saturated carbocycles. The van der Waals surface area contributed by atoms with E-state index in [4.69, 9.17) is 9.47 Å². The van der Waals surface area contributed by atoms with Crippen LogP contribution >= 0.6 is 0 Å². The summed E-state index contributed by atoms with van der Waals surface area (Å²) < 4.78 is 12.5. The lowest BCUT2D eigenvalue weighted by molar-refractivity contribution is 0.102. The largest absolute Gasteiger partial charge is 0.496 e. The fraction of sp³-hybridized carbons (Fsp3) is 0.200. The summed E-state index contributed by atoms with van der Waals surface area (Å²) in [7, 11) is 1.54. The van der Waals surface area contributed by atoms with Crippen LogP contribution in [0.15, 0.2) is 60.9 Å². The summed E-state index contributed by atoms with van der Waals surface area (Å²) in [6, 6.07) is 15.0. The Balaban J connectivity index is 1.59. The summed E-state index contributed by atoms with van der Waals surface area (Å²) in [6.07, 6.45) is 4.29. The second kappa shape index (κ2) is 8.20. The SMILES string of the molecule is CCc1ccc(OCn2cc(NC(=O)c3ccccc3OC)cn2)cc1. The van der Waals surface area contributed by atoms with Crippen molar-refractivity contribution in [3.63, 3.8) is 0 Å². The van der Waals surface area contributed by atoms with Crippen LogP contribution in [-0.4, -0.2) is 22.8 Å². The summed E-state index contributed by atoms with van der Waals surface area (Å²) in [5.74, 6) is 1.05. The van der Waals surface area contributed by atoms with Gasteiger partial charge >= 0.3 is 0 Å². The maximum Gasteiger partial charge on any atom is 0.259 e. The molecule has 0 unspecified atom stereocenters. The van der Waals surface area contributed by atoms with Crippen LogP contribution in [-0.2, 0) is 13.2 Å². The molecule has 0 saturated heterocycles. The van der Waals surface area contributed by atoms with E-state index in [1.165, 1.54) is 12.7 Å². The maximum absolute atomic E-state index is 12.4. The highest BCUT2D eigenvalue weighted by Crippen LogP contribution is 2.19. The van der Waals surface area contributed by atoms with E-state index in [0.717, 1.165) is 12.2 Å². The Morgan fingerprint density at radius 2 is 1.92 bits per heavy atom. The van der Waals surface area contributed by atoms with Gasteiger partial charge in [0.25, 0.3) is 5.91 Å². The average Bonchev–Trinajstić information content (AvgIpc) is 3.14. The number of nitrogens with zero attached hydrogens (tertiary/aromatic N) is 2. The number of methoxy groups -OCH3 is 1. The molecule has 26 heavy (non-hydrogen) atoms. The molecule has 1 heterocycles. The lowest BCUT2D eigenvalue weighted by Crippen LogP contribution is -2.12. The van der Waals surface area contributed by atoms with Crippen molar-refractivity contribution < 1.29 is 14.3 Å². The Kier molecular flexibility index (Phi) is 5.53. The minimum atomic E-state index is -0.252. The average molecular weight is 351 g/mol. The fourth-order valence-electron chi connectivity index (χ4n) is 2.49. The Bertz CT molecular complexity index is 872. The summed E-state index contributed by atoms with van der Waals surface area (Å²) in [6.45, 7) is 2.37. The minimum Gasteiger partial charge on any atom is -0.496 e. The van der Waals surface area contributed by atoms with Crippen molar-refractivity contribution in [2.24, 2.45) is 0 Å². The molecule has 3 aromatic rings. The third-order valence-corrected chi connectivity index (χ3v) is 3.94. The van der Waals surface area contributed by atoms with Gasteiger partial charge in [-0.1, -0.05) is 31.2 Å². The molecule has 134 valence electrons. The monoisotopic (exact) mass is 351 g/mol. The lowest BCUT2D eigenvalue weighted by Gasteiger charge is -2.08. The van der Waals surface area contributed by atoms with Crippen LogP contribution in [0.4, 0.5) is 5.69 Å². The normalized spacial score (nSPS) is 10.4. The number of amides is 1. The van der Waals surface area contributed by atoms with Crippen molar-refractivity contribution in [1.82, 2.24) is 9.78 Å². The quantitative estimate of drug-likeness (QED) is 0.704. The summed E-state index contributed by atoms with van der Waals surface area (Å²) in [5, 5.41) is 7.01. The van der Waals surface area contributed by atoms with Gasteiger partial charge < -0.3 is 14.8 Å². The van der Waals surface area contributed by atoms with Crippen molar-refractivity contribution in [2.45, 2.75) is 20.1 Å². The standard InChI is InChI=1S/C20H21N3O3/c1-3-15-8-10-17(11-9-15)26-14-23-13-16(12-21-23)22-20(24)18-6-4-5-7-19(18)25-2/h4-13H,3,14H2,1-2H3,(H,22,24). The molecule has 3 rings (SSSR count). The Morgan fingerprint density at radius 1 is 1.15 bits per heavy atom. The molecule has 6 nitrogen and oxygen atoms in total. The second-order valence-electron chi connectivity index (χ2n) is 5.69. The Morgan fingerprint density at radius 3 is 2.65 bits per heavy atom. The van der Waals surface area contributed by atoms with Gasteiger partial charge in [-0.3, -0.25) is 4.79 Å². The third-order valence-electron chi connectivity index (χ3n) is 3.94. The number of aryl methyl sites for hydroxylation is 1. The molecule has 1 amide bonds. The summed E-state index contributed by atoms with van der Waals surface area (Å²) >= 11 is 0. The van der Waals surface area contributed by atoms with Gasteiger partial charge in [-0.2, -0.15) is 5.10 Å². The van der Waals surface area contributed by atoms with Gasteiger partial charge in [0.1, 0.15) is 11.5 Å². The number of aromatic nitrogens is 2. The lowest BCUT2D eigenvalue weighted by atomic mass is 10.2.